The average molecular weight is 731 g/mol. The van der Waals surface area contributed by atoms with E-state index in [1.54, 1.807) is 13.8 Å². The van der Waals surface area contributed by atoms with Crippen LogP contribution in [0.4, 0.5) is 0 Å². The number of fused-ring (bicyclic) bond motifs is 6. The van der Waals surface area contributed by atoms with Gasteiger partial charge in [0.15, 0.2) is 0 Å². The van der Waals surface area contributed by atoms with E-state index in [-0.39, 0.29) is 62.8 Å². The van der Waals surface area contributed by atoms with Crippen LogP contribution in [-0.4, -0.2) is 50.3 Å². The molecule has 282 valence electrons. The number of carbonyl (C=O) groups is 4. The smallest absolute Gasteiger partial charge is 0.305 e. The van der Waals surface area contributed by atoms with E-state index in [1.807, 2.05) is 48.5 Å². The zero-order chi connectivity index (χ0) is 38.0. The van der Waals surface area contributed by atoms with Crippen molar-refractivity contribution in [1.29, 1.82) is 0 Å². The third-order valence-corrected chi connectivity index (χ3v) is 11.0. The lowest BCUT2D eigenvalue weighted by Gasteiger charge is -2.32. The third-order valence-electron chi connectivity index (χ3n) is 11.0. The van der Waals surface area contributed by atoms with Gasteiger partial charge in [-0.3, -0.25) is 19.2 Å². The van der Waals surface area contributed by atoms with Gasteiger partial charge in [-0.1, -0.05) is 97.1 Å². The molecule has 0 unspecified atom stereocenters. The van der Waals surface area contributed by atoms with Crippen LogP contribution in [0.1, 0.15) is 100 Å². The van der Waals surface area contributed by atoms with Crippen LogP contribution in [0.25, 0.3) is 22.3 Å². The molecule has 0 aromatic heterocycles. The Balaban J connectivity index is 0.995. The van der Waals surface area contributed by atoms with E-state index in [2.05, 4.69) is 48.5 Å². The van der Waals surface area contributed by atoms with Crippen molar-refractivity contribution in [2.45, 2.75) is 88.9 Å². The summed E-state index contributed by atoms with van der Waals surface area (Å²) in [6.45, 7) is 4.71. The molecule has 0 fully saturated rings. The first-order chi connectivity index (χ1) is 26.3. The minimum atomic E-state index is -0.507. The molecule has 0 aliphatic heterocycles. The van der Waals surface area contributed by atoms with Gasteiger partial charge in [-0.05, 0) is 96.9 Å². The van der Waals surface area contributed by atoms with Crippen molar-refractivity contribution in [2.75, 3.05) is 26.4 Å². The molecule has 0 bridgehead atoms. The van der Waals surface area contributed by atoms with E-state index in [4.69, 9.17) is 18.9 Å². The van der Waals surface area contributed by atoms with Gasteiger partial charge in [-0.25, -0.2) is 0 Å². The monoisotopic (exact) mass is 730 g/mol. The van der Waals surface area contributed by atoms with E-state index in [0.29, 0.717) is 51.7 Å². The molecule has 0 saturated heterocycles. The second kappa shape index (κ2) is 17.7. The summed E-state index contributed by atoms with van der Waals surface area (Å²) < 4.78 is 21.8. The maximum absolute atomic E-state index is 13.1. The summed E-state index contributed by atoms with van der Waals surface area (Å²) in [7, 11) is 0. The van der Waals surface area contributed by atoms with Crippen molar-refractivity contribution >= 4 is 23.9 Å². The highest BCUT2D eigenvalue weighted by molar-refractivity contribution is 5.83. The largest absolute Gasteiger partial charge is 0.466 e. The molecule has 8 nitrogen and oxygen atoms in total. The number of benzene rings is 4. The Morgan fingerprint density at radius 3 is 0.944 bits per heavy atom. The molecular weight excluding hydrogens is 680 g/mol. The highest BCUT2D eigenvalue weighted by Crippen LogP contribution is 2.55. The maximum Gasteiger partial charge on any atom is 0.305 e. The predicted molar refractivity (Wildman–Crippen MR) is 207 cm³/mol. The minimum Gasteiger partial charge on any atom is -0.466 e. The van der Waals surface area contributed by atoms with Crippen LogP contribution in [0.15, 0.2) is 97.1 Å². The quantitative estimate of drug-likeness (QED) is 0.0535. The first-order valence-corrected chi connectivity index (χ1v) is 19.3. The Labute approximate surface area is 318 Å². The number of unbranched alkanes of at least 4 members (excludes halogenated alkanes) is 1. The van der Waals surface area contributed by atoms with Crippen LogP contribution in [0.3, 0.4) is 0 Å². The summed E-state index contributed by atoms with van der Waals surface area (Å²) in [5, 5.41) is 0. The van der Waals surface area contributed by atoms with Crippen molar-refractivity contribution in [3.05, 3.63) is 119 Å². The number of esters is 4. The fourth-order valence-corrected chi connectivity index (χ4v) is 8.61. The summed E-state index contributed by atoms with van der Waals surface area (Å²) in [6, 6.07) is 32.9. The first-order valence-electron chi connectivity index (χ1n) is 19.3. The lowest BCUT2D eigenvalue weighted by atomic mass is 9.71. The summed E-state index contributed by atoms with van der Waals surface area (Å²) >= 11 is 0. The fourth-order valence-electron chi connectivity index (χ4n) is 8.61. The van der Waals surface area contributed by atoms with Gasteiger partial charge in [0.05, 0.1) is 26.4 Å². The topological polar surface area (TPSA) is 105 Å². The second-order valence-corrected chi connectivity index (χ2v) is 14.1. The Morgan fingerprint density at radius 2 is 0.667 bits per heavy atom. The van der Waals surface area contributed by atoms with Crippen LogP contribution >= 0.6 is 0 Å². The van der Waals surface area contributed by atoms with Gasteiger partial charge in [0.1, 0.15) is 0 Å². The molecule has 2 aliphatic rings. The molecule has 0 atom stereocenters. The Hall–Kier alpha value is -5.24. The number of hydrogen-bond acceptors (Lipinski definition) is 8. The van der Waals surface area contributed by atoms with Gasteiger partial charge in [0, 0.05) is 36.5 Å². The summed E-state index contributed by atoms with van der Waals surface area (Å²) in [5.41, 5.74) is 7.99. The zero-order valence-electron chi connectivity index (χ0n) is 31.4. The minimum absolute atomic E-state index is 0.199. The molecule has 4 aromatic carbocycles. The van der Waals surface area contributed by atoms with Crippen molar-refractivity contribution in [3.8, 4) is 22.3 Å². The van der Waals surface area contributed by atoms with Gasteiger partial charge in [-0.2, -0.15) is 0 Å². The molecular formula is C46H50O8. The van der Waals surface area contributed by atoms with E-state index >= 15 is 0 Å². The molecule has 0 amide bonds. The molecule has 8 heteroatoms. The van der Waals surface area contributed by atoms with Gasteiger partial charge in [0.25, 0.3) is 0 Å². The van der Waals surface area contributed by atoms with Gasteiger partial charge < -0.3 is 18.9 Å². The SMILES string of the molecule is CCOC(=O)CCC1(CCC(=O)OCCCCOC(=O)CCC2(CCC(=O)OCC)c3ccccc3-c3ccccc32)c2ccccc2-c2ccccc21. The van der Waals surface area contributed by atoms with Crippen LogP contribution in [-0.2, 0) is 49.0 Å². The van der Waals surface area contributed by atoms with Crippen molar-refractivity contribution < 1.29 is 38.1 Å². The summed E-state index contributed by atoms with van der Waals surface area (Å²) in [6.07, 6.45) is 4.09. The molecule has 0 heterocycles. The van der Waals surface area contributed by atoms with E-state index in [1.165, 1.54) is 0 Å². The second-order valence-electron chi connectivity index (χ2n) is 14.1. The van der Waals surface area contributed by atoms with Crippen molar-refractivity contribution in [3.63, 3.8) is 0 Å². The number of rotatable bonds is 19. The van der Waals surface area contributed by atoms with Gasteiger partial charge in [0.2, 0.25) is 0 Å². The van der Waals surface area contributed by atoms with E-state index in [9.17, 15) is 19.2 Å². The highest BCUT2D eigenvalue weighted by atomic mass is 16.5. The average Bonchev–Trinajstić information content (AvgIpc) is 3.64. The molecule has 0 N–H and O–H groups in total. The number of carbonyl (C=O) groups excluding carboxylic acids is 4. The number of hydrogen-bond donors (Lipinski definition) is 0. The molecule has 4 aromatic rings. The predicted octanol–water partition coefficient (Wildman–Crippen LogP) is 9.03. The standard InChI is InChI=1S/C46H50O8/c1-3-51-41(47)23-27-45(37-19-9-5-15-33(37)34-16-6-10-20-38(34)45)29-25-43(49)53-31-13-14-32-54-44(50)26-30-46(28-24-42(48)52-4-2)39-21-11-7-17-35(39)36-18-8-12-22-40(36)46/h5-12,15-22H,3-4,13-14,23-32H2,1-2H3. The van der Waals surface area contributed by atoms with Crippen LogP contribution in [0.5, 0.6) is 0 Å². The number of ether oxygens (including phenoxy) is 4. The molecule has 54 heavy (non-hydrogen) atoms. The van der Waals surface area contributed by atoms with E-state index in [0.717, 1.165) is 44.5 Å². The van der Waals surface area contributed by atoms with Crippen LogP contribution < -0.4 is 0 Å². The molecule has 0 saturated carbocycles. The highest BCUT2D eigenvalue weighted by Gasteiger charge is 2.44. The Bertz CT molecular complexity index is 1730. The van der Waals surface area contributed by atoms with Gasteiger partial charge in [-0.15, -0.1) is 0 Å². The van der Waals surface area contributed by atoms with E-state index < -0.39 is 10.8 Å². The normalized spacial score (nSPS) is 13.9. The summed E-state index contributed by atoms with van der Waals surface area (Å²) in [5.74, 6) is -1.08. The zero-order valence-corrected chi connectivity index (χ0v) is 31.4. The van der Waals surface area contributed by atoms with Crippen molar-refractivity contribution in [1.82, 2.24) is 0 Å². The lowest BCUT2D eigenvalue weighted by molar-refractivity contribution is -0.146. The van der Waals surface area contributed by atoms with Gasteiger partial charge >= 0.3 is 23.9 Å². The molecule has 0 radical (unpaired) electrons. The van der Waals surface area contributed by atoms with Crippen molar-refractivity contribution in [2.24, 2.45) is 0 Å². The third kappa shape index (κ3) is 8.13. The molecule has 0 spiro atoms. The fraction of sp³-hybridized carbons (Fsp3) is 0.391. The Morgan fingerprint density at radius 1 is 0.407 bits per heavy atom. The molecule has 2 aliphatic carbocycles. The summed E-state index contributed by atoms with van der Waals surface area (Å²) in [4.78, 5) is 51.1. The van der Waals surface area contributed by atoms with Crippen LogP contribution in [0, 0.1) is 0 Å². The van der Waals surface area contributed by atoms with Crippen LogP contribution in [0.2, 0.25) is 0 Å². The molecule has 6 rings (SSSR count). The maximum atomic E-state index is 13.1. The lowest BCUT2D eigenvalue weighted by Crippen LogP contribution is -2.28. The first kappa shape index (κ1) is 38.5. The Kier molecular flexibility index (Phi) is 12.6.